The number of hydrogen-bond acceptors (Lipinski definition) is 7. The monoisotopic (exact) mass is 335 g/mol. The predicted octanol–water partition coefficient (Wildman–Crippen LogP) is 3.41. The summed E-state index contributed by atoms with van der Waals surface area (Å²) < 4.78 is 5.87. The molecule has 0 saturated heterocycles. The van der Waals surface area contributed by atoms with Crippen LogP contribution in [0.15, 0.2) is 60.1 Å². The molecule has 0 fully saturated rings. The zero-order valence-corrected chi connectivity index (χ0v) is 13.4. The van der Waals surface area contributed by atoms with Crippen molar-refractivity contribution in [3.8, 4) is 17.6 Å². The van der Waals surface area contributed by atoms with Crippen molar-refractivity contribution < 1.29 is 4.74 Å². The Morgan fingerprint density at radius 2 is 2.04 bits per heavy atom. The Balaban J connectivity index is 1.74. The number of nitrogens with two attached hydrogens (primary N) is 1. The van der Waals surface area contributed by atoms with Crippen LogP contribution in [-0.4, -0.2) is 15.0 Å². The molecule has 0 saturated carbocycles. The summed E-state index contributed by atoms with van der Waals surface area (Å²) in [6.45, 7) is 0. The lowest BCUT2D eigenvalue weighted by molar-refractivity contribution is 0.476. The lowest BCUT2D eigenvalue weighted by Gasteiger charge is -2.10. The number of rotatable bonds is 5. The minimum absolute atomic E-state index is 0.190. The third-order valence-electron chi connectivity index (χ3n) is 3.11. The summed E-state index contributed by atoms with van der Waals surface area (Å²) in [6.07, 6.45) is 4.79. The summed E-state index contributed by atoms with van der Waals surface area (Å²) in [5.41, 5.74) is 6.99. The summed E-state index contributed by atoms with van der Waals surface area (Å²) in [7, 11) is 0. The van der Waals surface area contributed by atoms with Gasteiger partial charge >= 0.3 is 0 Å². The van der Waals surface area contributed by atoms with Crippen molar-refractivity contribution in [3.63, 3.8) is 0 Å². The predicted molar refractivity (Wildman–Crippen MR) is 91.5 cm³/mol. The molecular weight excluding hydrogens is 322 g/mol. The first kappa shape index (κ1) is 15.8. The van der Waals surface area contributed by atoms with Gasteiger partial charge in [0.25, 0.3) is 0 Å². The molecule has 0 spiro atoms. The highest BCUT2D eigenvalue weighted by molar-refractivity contribution is 7.98. The van der Waals surface area contributed by atoms with E-state index in [1.54, 1.807) is 12.4 Å². The maximum absolute atomic E-state index is 8.86. The van der Waals surface area contributed by atoms with Crippen LogP contribution in [0, 0.1) is 11.3 Å². The number of anilines is 1. The summed E-state index contributed by atoms with van der Waals surface area (Å²) in [5.74, 6) is 2.23. The Labute approximate surface area is 143 Å². The molecule has 1 aromatic carbocycles. The molecule has 0 atom stereocenters. The third kappa shape index (κ3) is 3.80. The van der Waals surface area contributed by atoms with E-state index in [1.165, 1.54) is 18.0 Å². The molecule has 2 N–H and O–H groups in total. The van der Waals surface area contributed by atoms with Crippen LogP contribution in [0.4, 0.5) is 5.82 Å². The smallest absolute Gasteiger partial charge is 0.189 e. The highest BCUT2D eigenvalue weighted by atomic mass is 32.2. The standard InChI is InChI=1S/C17H13N5OS/c18-8-13-9-21-17(22-16(13)19)24-11-12-4-1-2-6-15(12)23-14-5-3-7-20-10-14/h1-7,9-10H,11H2,(H2,19,21,22). The Hall–Kier alpha value is -3.11. The summed E-state index contributed by atoms with van der Waals surface area (Å²) >= 11 is 1.42. The van der Waals surface area contributed by atoms with Gasteiger partial charge in [-0.3, -0.25) is 4.98 Å². The van der Waals surface area contributed by atoms with Gasteiger partial charge in [-0.2, -0.15) is 5.26 Å². The molecular formula is C17H13N5OS. The number of nitrogens with zero attached hydrogens (tertiary/aromatic N) is 4. The fraction of sp³-hybridized carbons (Fsp3) is 0.0588. The first-order chi connectivity index (χ1) is 11.8. The molecule has 118 valence electrons. The average molecular weight is 335 g/mol. The number of hydrogen-bond donors (Lipinski definition) is 1. The zero-order chi connectivity index (χ0) is 16.8. The molecule has 7 heteroatoms. The minimum Gasteiger partial charge on any atom is -0.455 e. The fourth-order valence-electron chi connectivity index (χ4n) is 1.93. The van der Waals surface area contributed by atoms with Gasteiger partial charge in [-0.05, 0) is 18.2 Å². The number of nitrogen functional groups attached to an aromatic ring is 1. The highest BCUT2D eigenvalue weighted by Gasteiger charge is 2.08. The second-order valence-corrected chi connectivity index (χ2v) is 5.69. The molecule has 3 aromatic rings. The van der Waals surface area contributed by atoms with E-state index in [1.807, 2.05) is 42.5 Å². The first-order valence-electron chi connectivity index (χ1n) is 7.07. The average Bonchev–Trinajstić information content (AvgIpc) is 2.62. The Morgan fingerprint density at radius 1 is 1.17 bits per heavy atom. The molecule has 0 bridgehead atoms. The lowest BCUT2D eigenvalue weighted by Crippen LogP contribution is -1.98. The number of benzene rings is 1. The number of aromatic nitrogens is 3. The topological polar surface area (TPSA) is 97.7 Å². The SMILES string of the molecule is N#Cc1cnc(SCc2ccccc2Oc2cccnc2)nc1N. The van der Waals surface area contributed by atoms with Gasteiger partial charge in [0.15, 0.2) is 5.16 Å². The molecule has 0 amide bonds. The van der Waals surface area contributed by atoms with Gasteiger partial charge in [-0.1, -0.05) is 30.0 Å². The van der Waals surface area contributed by atoms with Crippen molar-refractivity contribution in [1.29, 1.82) is 5.26 Å². The molecule has 0 aliphatic heterocycles. The number of para-hydroxylation sites is 1. The maximum Gasteiger partial charge on any atom is 0.189 e. The second-order valence-electron chi connectivity index (χ2n) is 4.75. The summed E-state index contributed by atoms with van der Waals surface area (Å²) in [6, 6.07) is 13.4. The van der Waals surface area contributed by atoms with Gasteiger partial charge in [-0.15, -0.1) is 0 Å². The van der Waals surface area contributed by atoms with Crippen molar-refractivity contribution in [2.24, 2.45) is 0 Å². The van der Waals surface area contributed by atoms with Crippen LogP contribution < -0.4 is 10.5 Å². The van der Waals surface area contributed by atoms with E-state index >= 15 is 0 Å². The molecule has 24 heavy (non-hydrogen) atoms. The van der Waals surface area contributed by atoms with Crippen molar-refractivity contribution in [1.82, 2.24) is 15.0 Å². The Bertz CT molecular complexity index is 880. The normalized spacial score (nSPS) is 10.1. The van der Waals surface area contributed by atoms with E-state index in [0.717, 1.165) is 11.3 Å². The molecule has 0 unspecified atom stereocenters. The van der Waals surface area contributed by atoms with Gasteiger partial charge in [0.1, 0.15) is 28.9 Å². The molecule has 0 radical (unpaired) electrons. The van der Waals surface area contributed by atoms with Gasteiger partial charge < -0.3 is 10.5 Å². The van der Waals surface area contributed by atoms with Crippen molar-refractivity contribution >= 4 is 17.6 Å². The van der Waals surface area contributed by atoms with Gasteiger partial charge in [-0.25, -0.2) is 9.97 Å². The van der Waals surface area contributed by atoms with E-state index in [0.29, 0.717) is 16.7 Å². The van der Waals surface area contributed by atoms with Gasteiger partial charge in [0, 0.05) is 17.5 Å². The molecule has 0 aliphatic carbocycles. The van der Waals surface area contributed by atoms with Crippen LogP contribution >= 0.6 is 11.8 Å². The highest BCUT2D eigenvalue weighted by Crippen LogP contribution is 2.29. The van der Waals surface area contributed by atoms with Crippen LogP contribution in [0.1, 0.15) is 11.1 Å². The zero-order valence-electron chi connectivity index (χ0n) is 12.6. The molecule has 2 heterocycles. The third-order valence-corrected chi connectivity index (χ3v) is 4.02. The number of nitriles is 1. The van der Waals surface area contributed by atoms with Crippen LogP contribution in [-0.2, 0) is 5.75 Å². The molecule has 0 aliphatic rings. The van der Waals surface area contributed by atoms with Crippen LogP contribution in [0.5, 0.6) is 11.5 Å². The summed E-state index contributed by atoms with van der Waals surface area (Å²) in [4.78, 5) is 12.3. The van der Waals surface area contributed by atoms with E-state index in [4.69, 9.17) is 15.7 Å². The van der Waals surface area contributed by atoms with Crippen molar-refractivity contribution in [2.45, 2.75) is 10.9 Å². The van der Waals surface area contributed by atoms with Gasteiger partial charge in [0.2, 0.25) is 0 Å². The quantitative estimate of drug-likeness (QED) is 0.563. The minimum atomic E-state index is 0.190. The van der Waals surface area contributed by atoms with Crippen LogP contribution in [0.2, 0.25) is 0 Å². The van der Waals surface area contributed by atoms with E-state index in [9.17, 15) is 0 Å². The molecule has 2 aromatic heterocycles. The first-order valence-corrected chi connectivity index (χ1v) is 8.06. The largest absolute Gasteiger partial charge is 0.455 e. The van der Waals surface area contributed by atoms with Gasteiger partial charge in [0.05, 0.1) is 12.4 Å². The number of pyridine rings is 1. The van der Waals surface area contributed by atoms with E-state index < -0.39 is 0 Å². The number of ether oxygens (including phenoxy) is 1. The van der Waals surface area contributed by atoms with E-state index in [2.05, 4.69) is 15.0 Å². The van der Waals surface area contributed by atoms with Crippen LogP contribution in [0.25, 0.3) is 0 Å². The summed E-state index contributed by atoms with van der Waals surface area (Å²) in [5, 5.41) is 9.37. The second kappa shape index (κ2) is 7.44. The number of thioether (sulfide) groups is 1. The lowest BCUT2D eigenvalue weighted by atomic mass is 10.2. The van der Waals surface area contributed by atoms with Crippen molar-refractivity contribution in [2.75, 3.05) is 5.73 Å². The molecule has 6 nitrogen and oxygen atoms in total. The Kier molecular flexibility index (Phi) is 4.89. The Morgan fingerprint density at radius 3 is 2.79 bits per heavy atom. The van der Waals surface area contributed by atoms with Crippen LogP contribution in [0.3, 0.4) is 0 Å². The fourth-order valence-corrected chi connectivity index (χ4v) is 2.75. The van der Waals surface area contributed by atoms with Crippen molar-refractivity contribution in [3.05, 3.63) is 66.1 Å². The maximum atomic E-state index is 8.86. The van der Waals surface area contributed by atoms with E-state index in [-0.39, 0.29) is 11.4 Å². The molecule has 3 rings (SSSR count).